The Morgan fingerprint density at radius 1 is 1.07 bits per heavy atom. The van der Waals surface area contributed by atoms with Gasteiger partial charge in [0.2, 0.25) is 0 Å². The van der Waals surface area contributed by atoms with Crippen molar-refractivity contribution in [1.29, 1.82) is 5.26 Å². The molecule has 0 unspecified atom stereocenters. The summed E-state index contributed by atoms with van der Waals surface area (Å²) in [5, 5.41) is 14.0. The van der Waals surface area contributed by atoms with Crippen molar-refractivity contribution in [3.8, 4) is 11.8 Å². The molecule has 1 aliphatic heterocycles. The van der Waals surface area contributed by atoms with Gasteiger partial charge in [0.1, 0.15) is 11.4 Å². The van der Waals surface area contributed by atoms with E-state index in [0.29, 0.717) is 33.1 Å². The lowest BCUT2D eigenvalue weighted by atomic mass is 10.1. The first kappa shape index (κ1) is 19.4. The first-order valence-electron chi connectivity index (χ1n) is 9.12. The van der Waals surface area contributed by atoms with Crippen LogP contribution >= 0.6 is 11.3 Å². The van der Waals surface area contributed by atoms with Crippen molar-refractivity contribution in [2.75, 3.05) is 17.3 Å². The standard InChI is InChI=1S/C23H17N3O3S/c1-14-5-10-18(29-2)17(12-14)25-21-20(19-4-3-11-30-19)22(27)26(23(21)28)16-8-6-15(13-24)7-9-16/h3-12,25H,1-2H3. The second-order valence-corrected chi connectivity index (χ2v) is 7.61. The van der Waals surface area contributed by atoms with E-state index in [0.717, 1.165) is 10.5 Å². The molecule has 0 saturated carbocycles. The number of rotatable bonds is 5. The average molecular weight is 415 g/mol. The van der Waals surface area contributed by atoms with E-state index in [9.17, 15) is 9.59 Å². The van der Waals surface area contributed by atoms with Gasteiger partial charge in [0.25, 0.3) is 11.8 Å². The number of imide groups is 1. The molecule has 0 spiro atoms. The lowest BCUT2D eigenvalue weighted by Gasteiger charge is -2.16. The molecule has 0 aliphatic carbocycles. The minimum absolute atomic E-state index is 0.190. The van der Waals surface area contributed by atoms with Crippen LogP contribution in [-0.4, -0.2) is 18.9 Å². The van der Waals surface area contributed by atoms with Crippen molar-refractivity contribution in [1.82, 2.24) is 0 Å². The van der Waals surface area contributed by atoms with Crippen LogP contribution in [0.2, 0.25) is 0 Å². The molecule has 4 rings (SSSR count). The third kappa shape index (κ3) is 3.34. The monoisotopic (exact) mass is 415 g/mol. The Morgan fingerprint density at radius 2 is 1.83 bits per heavy atom. The number of thiophene rings is 1. The van der Waals surface area contributed by atoms with Crippen molar-refractivity contribution in [2.24, 2.45) is 0 Å². The molecule has 3 aromatic rings. The molecule has 1 aromatic heterocycles. The van der Waals surface area contributed by atoms with Crippen molar-refractivity contribution >= 4 is 40.1 Å². The summed E-state index contributed by atoms with van der Waals surface area (Å²) in [6.45, 7) is 1.93. The number of nitriles is 1. The summed E-state index contributed by atoms with van der Waals surface area (Å²) in [4.78, 5) is 28.5. The maximum atomic E-state index is 13.3. The summed E-state index contributed by atoms with van der Waals surface area (Å²) < 4.78 is 5.41. The predicted octanol–water partition coefficient (Wildman–Crippen LogP) is 4.33. The molecule has 0 atom stereocenters. The summed E-state index contributed by atoms with van der Waals surface area (Å²) in [6, 6.07) is 17.6. The lowest BCUT2D eigenvalue weighted by Crippen LogP contribution is -2.32. The Kier molecular flexibility index (Phi) is 5.09. The van der Waals surface area contributed by atoms with Gasteiger partial charge in [-0.1, -0.05) is 12.1 Å². The number of benzene rings is 2. The summed E-state index contributed by atoms with van der Waals surface area (Å²) in [7, 11) is 1.55. The zero-order chi connectivity index (χ0) is 21.3. The van der Waals surface area contributed by atoms with Gasteiger partial charge in [-0.05, 0) is 60.3 Å². The maximum Gasteiger partial charge on any atom is 0.282 e. The zero-order valence-corrected chi connectivity index (χ0v) is 17.1. The van der Waals surface area contributed by atoms with Gasteiger partial charge >= 0.3 is 0 Å². The van der Waals surface area contributed by atoms with E-state index < -0.39 is 11.8 Å². The number of methoxy groups -OCH3 is 1. The van der Waals surface area contributed by atoms with Crippen LogP contribution in [-0.2, 0) is 9.59 Å². The molecule has 148 valence electrons. The first-order valence-corrected chi connectivity index (χ1v) is 10.00. The Morgan fingerprint density at radius 3 is 2.47 bits per heavy atom. The normalized spacial score (nSPS) is 13.6. The minimum atomic E-state index is -0.461. The van der Waals surface area contributed by atoms with Gasteiger partial charge in [0.15, 0.2) is 0 Å². The summed E-state index contributed by atoms with van der Waals surface area (Å²) in [5.41, 5.74) is 2.94. The second kappa shape index (κ2) is 7.85. The van der Waals surface area contributed by atoms with E-state index in [2.05, 4.69) is 5.32 Å². The molecule has 0 fully saturated rings. The van der Waals surface area contributed by atoms with Gasteiger partial charge in [-0.15, -0.1) is 11.3 Å². The molecular weight excluding hydrogens is 398 g/mol. The molecule has 2 heterocycles. The summed E-state index contributed by atoms with van der Waals surface area (Å²) in [6.07, 6.45) is 0. The highest BCUT2D eigenvalue weighted by Gasteiger charge is 2.41. The first-order chi connectivity index (χ1) is 14.5. The van der Waals surface area contributed by atoms with Crippen LogP contribution in [0.15, 0.2) is 65.7 Å². The average Bonchev–Trinajstić information content (AvgIpc) is 3.35. The van der Waals surface area contributed by atoms with Crippen LogP contribution < -0.4 is 15.0 Å². The molecule has 0 saturated heterocycles. The van der Waals surface area contributed by atoms with E-state index in [4.69, 9.17) is 10.00 Å². The molecule has 0 bridgehead atoms. The highest BCUT2D eigenvalue weighted by molar-refractivity contribution is 7.11. The van der Waals surface area contributed by atoms with Gasteiger partial charge in [-0.25, -0.2) is 4.90 Å². The molecule has 0 radical (unpaired) electrons. The topological polar surface area (TPSA) is 82.4 Å². The number of hydrogen-bond donors (Lipinski definition) is 1. The van der Waals surface area contributed by atoms with Crippen molar-refractivity contribution in [3.63, 3.8) is 0 Å². The van der Waals surface area contributed by atoms with E-state index in [1.165, 1.54) is 11.3 Å². The van der Waals surface area contributed by atoms with Gasteiger partial charge in [-0.2, -0.15) is 5.26 Å². The van der Waals surface area contributed by atoms with E-state index in [1.807, 2.05) is 48.7 Å². The van der Waals surface area contributed by atoms with Crippen LogP contribution in [0.4, 0.5) is 11.4 Å². The number of carbonyl (C=O) groups excluding carboxylic acids is 2. The van der Waals surface area contributed by atoms with Crippen molar-refractivity contribution in [3.05, 3.63) is 81.7 Å². The highest BCUT2D eigenvalue weighted by atomic mass is 32.1. The fraction of sp³-hybridized carbons (Fsp3) is 0.0870. The molecule has 1 aliphatic rings. The fourth-order valence-electron chi connectivity index (χ4n) is 3.27. The molecule has 7 heteroatoms. The van der Waals surface area contributed by atoms with E-state index in [-0.39, 0.29) is 5.70 Å². The number of nitrogens with zero attached hydrogens (tertiary/aromatic N) is 2. The van der Waals surface area contributed by atoms with E-state index in [1.54, 1.807) is 31.4 Å². The fourth-order valence-corrected chi connectivity index (χ4v) is 4.04. The molecule has 30 heavy (non-hydrogen) atoms. The van der Waals surface area contributed by atoms with Crippen LogP contribution in [0.3, 0.4) is 0 Å². The van der Waals surface area contributed by atoms with Gasteiger partial charge in [-0.3, -0.25) is 9.59 Å². The molecule has 6 nitrogen and oxygen atoms in total. The lowest BCUT2D eigenvalue weighted by molar-refractivity contribution is -0.120. The molecular formula is C23H17N3O3S. The van der Waals surface area contributed by atoms with Crippen LogP contribution in [0, 0.1) is 18.3 Å². The number of amides is 2. The summed E-state index contributed by atoms with van der Waals surface area (Å²) >= 11 is 1.38. The van der Waals surface area contributed by atoms with Crippen LogP contribution in [0.25, 0.3) is 5.57 Å². The van der Waals surface area contributed by atoms with E-state index >= 15 is 0 Å². The molecule has 1 N–H and O–H groups in total. The zero-order valence-electron chi connectivity index (χ0n) is 16.3. The number of hydrogen-bond acceptors (Lipinski definition) is 6. The van der Waals surface area contributed by atoms with Gasteiger partial charge in [0.05, 0.1) is 35.7 Å². The number of aryl methyl sites for hydroxylation is 1. The molecule has 2 aromatic carbocycles. The maximum absolute atomic E-state index is 13.3. The second-order valence-electron chi connectivity index (χ2n) is 6.66. The van der Waals surface area contributed by atoms with Crippen LogP contribution in [0.5, 0.6) is 5.75 Å². The number of anilines is 2. The number of ether oxygens (including phenoxy) is 1. The number of nitrogens with one attached hydrogen (secondary N) is 1. The van der Waals surface area contributed by atoms with Crippen LogP contribution in [0.1, 0.15) is 16.0 Å². The van der Waals surface area contributed by atoms with Gasteiger partial charge in [0, 0.05) is 4.88 Å². The Hall–Kier alpha value is -3.89. The quantitative estimate of drug-likeness (QED) is 0.627. The number of carbonyl (C=O) groups is 2. The van der Waals surface area contributed by atoms with Crippen molar-refractivity contribution in [2.45, 2.75) is 6.92 Å². The SMILES string of the molecule is COc1ccc(C)cc1NC1=C(c2cccs2)C(=O)N(c2ccc(C#N)cc2)C1=O. The molecule has 2 amide bonds. The van der Waals surface area contributed by atoms with Crippen molar-refractivity contribution < 1.29 is 14.3 Å². The Balaban J connectivity index is 1.81. The smallest absolute Gasteiger partial charge is 0.282 e. The van der Waals surface area contributed by atoms with Gasteiger partial charge < -0.3 is 10.1 Å². The Labute approximate surface area is 177 Å². The Bertz CT molecular complexity index is 1210. The third-order valence-corrected chi connectivity index (χ3v) is 5.61. The third-order valence-electron chi connectivity index (χ3n) is 4.72. The highest BCUT2D eigenvalue weighted by Crippen LogP contribution is 2.37. The largest absolute Gasteiger partial charge is 0.495 e. The summed E-state index contributed by atoms with van der Waals surface area (Å²) in [5.74, 6) is -0.311. The predicted molar refractivity (Wildman–Crippen MR) is 116 cm³/mol. The minimum Gasteiger partial charge on any atom is -0.495 e.